The molecule has 0 heterocycles. The minimum absolute atomic E-state index is 0.321. The Morgan fingerprint density at radius 2 is 1.81 bits per heavy atom. The maximum atomic E-state index is 11.0. The lowest BCUT2D eigenvalue weighted by Crippen LogP contribution is -2.17. The highest BCUT2D eigenvalue weighted by Gasteiger charge is 2.10. The van der Waals surface area contributed by atoms with Crippen molar-refractivity contribution in [2.45, 2.75) is 65.1 Å². The zero-order chi connectivity index (χ0) is 12.4. The molecule has 1 unspecified atom stereocenters. The smallest absolute Gasteiger partial charge is 0.335 e. The number of carbonyl (C=O) groups excluding carboxylic acids is 1. The van der Waals surface area contributed by atoms with E-state index in [0.717, 1.165) is 12.8 Å². The van der Waals surface area contributed by atoms with Crippen molar-refractivity contribution >= 4 is 5.97 Å². The van der Waals surface area contributed by atoms with E-state index in [1.54, 1.807) is 6.92 Å². The molecule has 0 aromatic heterocycles. The first-order chi connectivity index (χ1) is 7.57. The summed E-state index contributed by atoms with van der Waals surface area (Å²) in [6.07, 6.45) is 6.47. The normalized spacial score (nSPS) is 12.2. The van der Waals surface area contributed by atoms with Crippen LogP contribution in [0.25, 0.3) is 0 Å². The molecule has 1 atom stereocenters. The van der Waals surface area contributed by atoms with E-state index < -0.39 is 12.3 Å². The second-order valence-electron chi connectivity index (χ2n) is 4.20. The van der Waals surface area contributed by atoms with Crippen molar-refractivity contribution in [3.8, 4) is 0 Å². The maximum absolute atomic E-state index is 11.0. The number of hydrogen-bond donors (Lipinski definition) is 1. The van der Waals surface area contributed by atoms with Crippen LogP contribution >= 0.6 is 0 Å². The lowest BCUT2D eigenvalue weighted by Gasteiger charge is -2.11. The first-order valence-corrected chi connectivity index (χ1v) is 6.12. The van der Waals surface area contributed by atoms with Gasteiger partial charge in [0.2, 0.25) is 6.29 Å². The summed E-state index contributed by atoms with van der Waals surface area (Å²) in [7, 11) is 0. The molecule has 0 aromatic rings. The Bertz CT molecular complexity index is 211. The molecule has 0 aliphatic carbocycles. The number of aliphatic hydroxyl groups is 1. The molecule has 0 rings (SSSR count). The summed E-state index contributed by atoms with van der Waals surface area (Å²) in [5.41, 5.74) is 0.321. The molecule has 0 saturated heterocycles. The number of rotatable bonds is 9. The average molecular weight is 228 g/mol. The molecule has 0 aromatic carbocycles. The Morgan fingerprint density at radius 3 is 2.38 bits per heavy atom. The van der Waals surface area contributed by atoms with Crippen LogP contribution in [0.2, 0.25) is 0 Å². The van der Waals surface area contributed by atoms with Gasteiger partial charge in [0.25, 0.3) is 0 Å². The van der Waals surface area contributed by atoms with E-state index in [9.17, 15) is 9.90 Å². The molecule has 94 valence electrons. The quantitative estimate of drug-likeness (QED) is 0.285. The Hall–Kier alpha value is -0.830. The Kier molecular flexibility index (Phi) is 8.91. The second-order valence-corrected chi connectivity index (χ2v) is 4.20. The monoisotopic (exact) mass is 228 g/mol. The fraction of sp³-hybridized carbons (Fsp3) is 0.769. The molecule has 0 aliphatic rings. The number of carbonyl (C=O) groups is 1. The number of hydrogen-bond acceptors (Lipinski definition) is 3. The van der Waals surface area contributed by atoms with Gasteiger partial charge in [-0.25, -0.2) is 4.79 Å². The first kappa shape index (κ1) is 15.2. The lowest BCUT2D eigenvalue weighted by molar-refractivity contribution is -0.163. The van der Waals surface area contributed by atoms with Crippen molar-refractivity contribution in [1.82, 2.24) is 0 Å². The molecule has 0 aliphatic heterocycles. The van der Waals surface area contributed by atoms with Gasteiger partial charge in [-0.1, -0.05) is 45.6 Å². The fourth-order valence-corrected chi connectivity index (χ4v) is 1.38. The van der Waals surface area contributed by atoms with Gasteiger partial charge in [0.05, 0.1) is 0 Å². The summed E-state index contributed by atoms with van der Waals surface area (Å²) in [5.74, 6) is -0.515. The molecule has 0 radical (unpaired) electrons. The predicted molar refractivity (Wildman–Crippen MR) is 64.9 cm³/mol. The Morgan fingerprint density at radius 1 is 1.25 bits per heavy atom. The molecule has 16 heavy (non-hydrogen) atoms. The summed E-state index contributed by atoms with van der Waals surface area (Å²) in [4.78, 5) is 11.0. The minimum Gasteiger partial charge on any atom is -0.433 e. The number of ether oxygens (including phenoxy) is 1. The molecular weight excluding hydrogens is 204 g/mol. The van der Waals surface area contributed by atoms with Gasteiger partial charge >= 0.3 is 5.97 Å². The molecule has 3 heteroatoms. The summed E-state index contributed by atoms with van der Waals surface area (Å²) in [5, 5.41) is 9.39. The van der Waals surface area contributed by atoms with Gasteiger partial charge in [0, 0.05) is 12.0 Å². The largest absolute Gasteiger partial charge is 0.433 e. The summed E-state index contributed by atoms with van der Waals surface area (Å²) in [6, 6.07) is 0. The van der Waals surface area contributed by atoms with Crippen LogP contribution in [0.15, 0.2) is 12.2 Å². The lowest BCUT2D eigenvalue weighted by atomic mass is 10.1. The van der Waals surface area contributed by atoms with Crippen molar-refractivity contribution in [3.63, 3.8) is 0 Å². The van der Waals surface area contributed by atoms with E-state index in [0.29, 0.717) is 12.0 Å². The summed E-state index contributed by atoms with van der Waals surface area (Å²) >= 11 is 0. The second kappa shape index (κ2) is 9.40. The third kappa shape index (κ3) is 8.48. The molecule has 1 N–H and O–H groups in total. The van der Waals surface area contributed by atoms with Crippen LogP contribution in [0.5, 0.6) is 0 Å². The van der Waals surface area contributed by atoms with Gasteiger partial charge in [-0.15, -0.1) is 0 Å². The van der Waals surface area contributed by atoms with Crippen LogP contribution in [0, 0.1) is 0 Å². The van der Waals surface area contributed by atoms with Gasteiger partial charge in [0.15, 0.2) is 0 Å². The van der Waals surface area contributed by atoms with E-state index >= 15 is 0 Å². The van der Waals surface area contributed by atoms with Crippen molar-refractivity contribution < 1.29 is 14.6 Å². The summed E-state index contributed by atoms with van der Waals surface area (Å²) < 4.78 is 4.76. The zero-order valence-electron chi connectivity index (χ0n) is 10.5. The van der Waals surface area contributed by atoms with Crippen LogP contribution < -0.4 is 0 Å². The van der Waals surface area contributed by atoms with Crippen LogP contribution in [-0.2, 0) is 9.53 Å². The molecule has 0 fully saturated rings. The SMILES string of the molecule is C=C(C)C(=O)OC(O)CCCCCCCC. The van der Waals surface area contributed by atoms with E-state index in [-0.39, 0.29) is 0 Å². The van der Waals surface area contributed by atoms with E-state index in [4.69, 9.17) is 4.74 Å². The van der Waals surface area contributed by atoms with Crippen LogP contribution in [0.3, 0.4) is 0 Å². The van der Waals surface area contributed by atoms with Crippen molar-refractivity contribution in [1.29, 1.82) is 0 Å². The van der Waals surface area contributed by atoms with Gasteiger partial charge in [-0.3, -0.25) is 0 Å². The van der Waals surface area contributed by atoms with E-state index in [2.05, 4.69) is 13.5 Å². The molecule has 0 saturated carbocycles. The standard InChI is InChI=1S/C13H24O3/c1-4-5-6-7-8-9-10-12(14)16-13(15)11(2)3/h12,14H,2,4-10H2,1,3H3. The third-order valence-corrected chi connectivity index (χ3v) is 2.40. The number of esters is 1. The summed E-state index contributed by atoms with van der Waals surface area (Å²) in [6.45, 7) is 7.20. The van der Waals surface area contributed by atoms with Gasteiger partial charge < -0.3 is 9.84 Å². The zero-order valence-corrected chi connectivity index (χ0v) is 10.5. The highest BCUT2D eigenvalue weighted by molar-refractivity contribution is 5.86. The average Bonchev–Trinajstić information content (AvgIpc) is 2.23. The molecule has 3 nitrogen and oxygen atoms in total. The fourth-order valence-electron chi connectivity index (χ4n) is 1.38. The van der Waals surface area contributed by atoms with Gasteiger partial charge in [-0.2, -0.15) is 0 Å². The molecular formula is C13H24O3. The number of unbranched alkanes of at least 4 members (excludes halogenated alkanes) is 5. The molecule has 0 bridgehead atoms. The van der Waals surface area contributed by atoms with E-state index in [1.807, 2.05) is 0 Å². The third-order valence-electron chi connectivity index (χ3n) is 2.40. The Balaban J connectivity index is 3.40. The number of aliphatic hydroxyl groups excluding tert-OH is 1. The minimum atomic E-state index is -0.977. The Labute approximate surface area is 98.5 Å². The molecule has 0 spiro atoms. The van der Waals surface area contributed by atoms with Crippen molar-refractivity contribution in [2.75, 3.05) is 0 Å². The predicted octanol–water partition coefficient (Wildman–Crippen LogP) is 3.17. The van der Waals surface area contributed by atoms with Crippen LogP contribution in [-0.4, -0.2) is 17.4 Å². The van der Waals surface area contributed by atoms with E-state index in [1.165, 1.54) is 25.7 Å². The van der Waals surface area contributed by atoms with Crippen LogP contribution in [0.1, 0.15) is 58.8 Å². The van der Waals surface area contributed by atoms with Crippen molar-refractivity contribution in [2.24, 2.45) is 0 Å². The van der Waals surface area contributed by atoms with Crippen molar-refractivity contribution in [3.05, 3.63) is 12.2 Å². The molecule has 0 amide bonds. The van der Waals surface area contributed by atoms with Gasteiger partial charge in [-0.05, 0) is 13.3 Å². The topological polar surface area (TPSA) is 46.5 Å². The van der Waals surface area contributed by atoms with Gasteiger partial charge in [0.1, 0.15) is 0 Å². The highest BCUT2D eigenvalue weighted by atomic mass is 16.6. The highest BCUT2D eigenvalue weighted by Crippen LogP contribution is 2.10. The first-order valence-electron chi connectivity index (χ1n) is 6.12. The van der Waals surface area contributed by atoms with Crippen LogP contribution in [0.4, 0.5) is 0 Å². The maximum Gasteiger partial charge on any atom is 0.335 e.